The summed E-state index contributed by atoms with van der Waals surface area (Å²) < 4.78 is 5.35. The van der Waals surface area contributed by atoms with E-state index in [0.717, 1.165) is 63.4 Å². The van der Waals surface area contributed by atoms with E-state index >= 15 is 0 Å². The Morgan fingerprint density at radius 2 is 1.80 bits per heavy atom. The maximum absolute atomic E-state index is 13.0. The number of carbonyl (C=O) groups excluding carboxylic acids is 2. The Morgan fingerprint density at radius 1 is 1.13 bits per heavy atom. The Hall–Kier alpha value is -1.38. The zero-order valence-electron chi connectivity index (χ0n) is 17.8. The molecule has 2 saturated heterocycles. The highest BCUT2D eigenvalue weighted by Crippen LogP contribution is 2.31. The van der Waals surface area contributed by atoms with Crippen LogP contribution in [0.15, 0.2) is 24.3 Å². The molecule has 170 valence electrons. The van der Waals surface area contributed by atoms with Crippen molar-refractivity contribution in [2.45, 2.75) is 19.3 Å². The minimum Gasteiger partial charge on any atom is -0.384 e. The molecule has 7 nitrogen and oxygen atoms in total. The van der Waals surface area contributed by atoms with Crippen molar-refractivity contribution in [2.24, 2.45) is 5.41 Å². The number of amides is 2. The Labute approximate surface area is 191 Å². The number of halogens is 2. The first-order chi connectivity index (χ1) is 13.5. The van der Waals surface area contributed by atoms with Crippen molar-refractivity contribution in [2.75, 3.05) is 65.3 Å². The maximum Gasteiger partial charge on any atom is 0.233 e. The first-order valence-corrected chi connectivity index (χ1v) is 10.1. The molecule has 9 heteroatoms. The van der Waals surface area contributed by atoms with Crippen molar-refractivity contribution in [3.8, 4) is 0 Å². The summed E-state index contributed by atoms with van der Waals surface area (Å²) in [6.45, 7) is 5.43. The van der Waals surface area contributed by atoms with Crippen LogP contribution >= 0.6 is 24.8 Å². The highest BCUT2D eigenvalue weighted by molar-refractivity contribution is 5.95. The number of hydrogen-bond donors (Lipinski definition) is 2. The number of nitrogens with one attached hydrogen (secondary N) is 2. The van der Waals surface area contributed by atoms with Crippen LogP contribution in [0.4, 0.5) is 5.69 Å². The average Bonchev–Trinajstić information content (AvgIpc) is 2.69. The molecule has 0 aromatic heterocycles. The monoisotopic (exact) mass is 460 g/mol. The standard InChI is InChI=1S/C21H32N4O3.2ClH/c1-24-10-12-25(13-11-24)19(26)15-17-4-3-5-18(14-17)23-20(27)21(16-28-2)6-8-22-9-7-21;;/h3-5,14,22H,6-13,15-16H2,1-2H3,(H,23,27);2*1H. The van der Waals surface area contributed by atoms with Crippen LogP contribution in [0.3, 0.4) is 0 Å². The lowest BCUT2D eigenvalue weighted by Crippen LogP contribution is -2.47. The van der Waals surface area contributed by atoms with Gasteiger partial charge in [0.15, 0.2) is 0 Å². The van der Waals surface area contributed by atoms with Crippen LogP contribution in [0.1, 0.15) is 18.4 Å². The molecule has 0 bridgehead atoms. The zero-order valence-corrected chi connectivity index (χ0v) is 19.4. The van der Waals surface area contributed by atoms with Crippen LogP contribution in [0.25, 0.3) is 0 Å². The number of carbonyl (C=O) groups is 2. The van der Waals surface area contributed by atoms with Gasteiger partial charge >= 0.3 is 0 Å². The summed E-state index contributed by atoms with van der Waals surface area (Å²) >= 11 is 0. The third-order valence-corrected chi connectivity index (χ3v) is 5.86. The summed E-state index contributed by atoms with van der Waals surface area (Å²) in [4.78, 5) is 29.7. The maximum atomic E-state index is 13.0. The van der Waals surface area contributed by atoms with Gasteiger partial charge in [-0.2, -0.15) is 0 Å². The lowest BCUT2D eigenvalue weighted by atomic mass is 9.78. The number of anilines is 1. The molecule has 30 heavy (non-hydrogen) atoms. The quantitative estimate of drug-likeness (QED) is 0.676. The molecule has 2 amide bonds. The second kappa shape index (κ2) is 12.5. The predicted molar refractivity (Wildman–Crippen MR) is 124 cm³/mol. The van der Waals surface area contributed by atoms with Crippen molar-refractivity contribution in [1.82, 2.24) is 15.1 Å². The van der Waals surface area contributed by atoms with Crippen molar-refractivity contribution >= 4 is 42.3 Å². The molecule has 0 spiro atoms. The molecule has 0 saturated carbocycles. The highest BCUT2D eigenvalue weighted by atomic mass is 35.5. The summed E-state index contributed by atoms with van der Waals surface area (Å²) in [7, 11) is 3.72. The van der Waals surface area contributed by atoms with Crippen LogP contribution in [-0.2, 0) is 20.7 Å². The van der Waals surface area contributed by atoms with Gasteiger partial charge in [0.05, 0.1) is 18.4 Å². The van der Waals surface area contributed by atoms with Gasteiger partial charge < -0.3 is 25.2 Å². The van der Waals surface area contributed by atoms with Crippen LogP contribution < -0.4 is 10.6 Å². The zero-order chi connectivity index (χ0) is 20.0. The number of nitrogens with zero attached hydrogens (tertiary/aromatic N) is 2. The molecular formula is C21H34Cl2N4O3. The normalized spacial score (nSPS) is 18.7. The molecule has 0 aliphatic carbocycles. The average molecular weight is 461 g/mol. The second-order valence-corrected chi connectivity index (χ2v) is 7.98. The van der Waals surface area contributed by atoms with Gasteiger partial charge in [0.2, 0.25) is 11.8 Å². The number of hydrogen-bond acceptors (Lipinski definition) is 5. The molecular weight excluding hydrogens is 427 g/mol. The van der Waals surface area contributed by atoms with Crippen LogP contribution in [-0.4, -0.2) is 81.6 Å². The minimum absolute atomic E-state index is 0. The van der Waals surface area contributed by atoms with Crippen molar-refractivity contribution in [3.05, 3.63) is 29.8 Å². The summed E-state index contributed by atoms with van der Waals surface area (Å²) in [5.41, 5.74) is 1.17. The van der Waals surface area contributed by atoms with E-state index in [1.54, 1.807) is 7.11 Å². The number of rotatable bonds is 6. The van der Waals surface area contributed by atoms with E-state index in [1.807, 2.05) is 29.2 Å². The van der Waals surface area contributed by atoms with Crippen molar-refractivity contribution in [1.29, 1.82) is 0 Å². The van der Waals surface area contributed by atoms with Crippen molar-refractivity contribution < 1.29 is 14.3 Å². The van der Waals surface area contributed by atoms with Gasteiger partial charge in [-0.3, -0.25) is 9.59 Å². The van der Waals surface area contributed by atoms with Gasteiger partial charge in [-0.1, -0.05) is 12.1 Å². The lowest BCUT2D eigenvalue weighted by Gasteiger charge is -2.35. The number of methoxy groups -OCH3 is 1. The van der Waals surface area contributed by atoms with E-state index in [9.17, 15) is 9.59 Å². The summed E-state index contributed by atoms with van der Waals surface area (Å²) in [5.74, 6) is 0.143. The Bertz CT molecular complexity index is 685. The minimum atomic E-state index is -0.494. The molecule has 0 atom stereocenters. The van der Waals surface area contributed by atoms with E-state index in [4.69, 9.17) is 4.74 Å². The van der Waals surface area contributed by atoms with Gasteiger partial charge in [-0.15, -0.1) is 24.8 Å². The second-order valence-electron chi connectivity index (χ2n) is 7.98. The SMILES string of the molecule is COCC1(C(=O)Nc2cccc(CC(=O)N3CCN(C)CC3)c2)CCNCC1.Cl.Cl. The Morgan fingerprint density at radius 3 is 2.43 bits per heavy atom. The van der Waals surface area contributed by atoms with E-state index < -0.39 is 5.41 Å². The molecule has 1 aromatic rings. The summed E-state index contributed by atoms with van der Waals surface area (Å²) in [5, 5.41) is 6.36. The third-order valence-electron chi connectivity index (χ3n) is 5.86. The predicted octanol–water partition coefficient (Wildman–Crippen LogP) is 1.80. The van der Waals surface area contributed by atoms with E-state index in [1.165, 1.54) is 0 Å². The fourth-order valence-corrected chi connectivity index (χ4v) is 3.98. The molecule has 2 aliphatic rings. The van der Waals surface area contributed by atoms with Crippen LogP contribution in [0.5, 0.6) is 0 Å². The third kappa shape index (κ3) is 6.82. The number of piperazine rings is 1. The highest BCUT2D eigenvalue weighted by Gasteiger charge is 2.39. The van der Waals surface area contributed by atoms with Gasteiger partial charge in [0.1, 0.15) is 0 Å². The first kappa shape index (κ1) is 26.7. The van der Waals surface area contributed by atoms with Crippen LogP contribution in [0, 0.1) is 5.41 Å². The molecule has 2 aliphatic heterocycles. The number of likely N-dealkylation sites (N-methyl/N-ethyl adjacent to an activating group) is 1. The largest absolute Gasteiger partial charge is 0.384 e. The summed E-state index contributed by atoms with van der Waals surface area (Å²) in [6, 6.07) is 7.63. The number of piperidine rings is 1. The number of ether oxygens (including phenoxy) is 1. The molecule has 2 fully saturated rings. The van der Waals surface area contributed by atoms with Crippen molar-refractivity contribution in [3.63, 3.8) is 0 Å². The van der Waals surface area contributed by atoms with Gasteiger partial charge in [0.25, 0.3) is 0 Å². The topological polar surface area (TPSA) is 73.9 Å². The molecule has 0 radical (unpaired) electrons. The molecule has 2 N–H and O–H groups in total. The fourth-order valence-electron chi connectivity index (χ4n) is 3.98. The van der Waals surface area contributed by atoms with E-state index in [0.29, 0.717) is 13.0 Å². The number of benzene rings is 1. The summed E-state index contributed by atoms with van der Waals surface area (Å²) in [6.07, 6.45) is 1.88. The molecule has 3 rings (SSSR count). The Kier molecular flexibility index (Phi) is 11.1. The van der Waals surface area contributed by atoms with Crippen LogP contribution in [0.2, 0.25) is 0 Å². The van der Waals surface area contributed by atoms with Gasteiger partial charge in [-0.25, -0.2) is 0 Å². The molecule has 1 aromatic carbocycles. The first-order valence-electron chi connectivity index (χ1n) is 10.1. The lowest BCUT2D eigenvalue weighted by molar-refractivity contribution is -0.132. The smallest absolute Gasteiger partial charge is 0.233 e. The van der Waals surface area contributed by atoms with Gasteiger partial charge in [-0.05, 0) is 50.7 Å². The van der Waals surface area contributed by atoms with Gasteiger partial charge in [0, 0.05) is 39.0 Å². The Balaban J connectivity index is 0.00000225. The molecule has 0 unspecified atom stereocenters. The molecule has 2 heterocycles. The fraction of sp³-hybridized carbons (Fsp3) is 0.619. The van der Waals surface area contributed by atoms with E-state index in [-0.39, 0.29) is 36.6 Å². The van der Waals surface area contributed by atoms with E-state index in [2.05, 4.69) is 22.6 Å².